The molecule has 0 bridgehead atoms. The van der Waals surface area contributed by atoms with Crippen LogP contribution >= 0.6 is 11.3 Å². The van der Waals surface area contributed by atoms with E-state index < -0.39 is 0 Å². The number of nitrogens with one attached hydrogen (secondary N) is 1. The molecule has 134 valence electrons. The molecule has 0 spiro atoms. The van der Waals surface area contributed by atoms with Crippen molar-refractivity contribution in [2.24, 2.45) is 0 Å². The monoisotopic (exact) mass is 371 g/mol. The molecule has 0 saturated heterocycles. The molecule has 26 heavy (non-hydrogen) atoms. The van der Waals surface area contributed by atoms with E-state index in [0.29, 0.717) is 22.9 Å². The first-order valence-electron chi connectivity index (χ1n) is 7.95. The van der Waals surface area contributed by atoms with Crippen LogP contribution in [0.3, 0.4) is 0 Å². The molecule has 1 N–H and O–H groups in total. The molecule has 0 fully saturated rings. The van der Waals surface area contributed by atoms with Crippen molar-refractivity contribution >= 4 is 17.2 Å². The number of ether oxygens (including phenoxy) is 2. The number of rotatable bonds is 6. The smallest absolute Gasteiger partial charge is 0.261 e. The van der Waals surface area contributed by atoms with Crippen molar-refractivity contribution in [2.75, 3.05) is 14.2 Å². The van der Waals surface area contributed by atoms with Gasteiger partial charge in [0.05, 0.1) is 19.1 Å². The summed E-state index contributed by atoms with van der Waals surface area (Å²) < 4.78 is 23.5. The van der Waals surface area contributed by atoms with Crippen LogP contribution in [0.2, 0.25) is 0 Å². The van der Waals surface area contributed by atoms with Gasteiger partial charge in [0.15, 0.2) is 0 Å². The quantitative estimate of drug-likeness (QED) is 0.694. The lowest BCUT2D eigenvalue weighted by Gasteiger charge is -2.09. The van der Waals surface area contributed by atoms with E-state index in [4.69, 9.17) is 9.47 Å². The van der Waals surface area contributed by atoms with Gasteiger partial charge in [-0.1, -0.05) is 12.1 Å². The first-order chi connectivity index (χ1) is 12.6. The molecule has 0 unspecified atom stereocenters. The molecule has 3 rings (SSSR count). The predicted octanol–water partition coefficient (Wildman–Crippen LogP) is 4.50. The third kappa shape index (κ3) is 4.21. The van der Waals surface area contributed by atoms with Crippen molar-refractivity contribution in [3.63, 3.8) is 0 Å². The maximum Gasteiger partial charge on any atom is 0.261 e. The SMILES string of the molecule is COc1cc(CNC(=O)c2ccc(-c3ccc(F)cc3)s2)cc(OC)c1. The van der Waals surface area contributed by atoms with E-state index in [1.54, 1.807) is 38.5 Å². The molecule has 0 radical (unpaired) electrons. The standard InChI is InChI=1S/C20H18FNO3S/c1-24-16-9-13(10-17(11-16)25-2)12-22-20(23)19-8-7-18(26-19)14-3-5-15(21)6-4-14/h3-11H,12H2,1-2H3,(H,22,23). The van der Waals surface area contributed by atoms with Gasteiger partial charge in [0.25, 0.3) is 5.91 Å². The van der Waals surface area contributed by atoms with E-state index in [9.17, 15) is 9.18 Å². The fourth-order valence-corrected chi connectivity index (χ4v) is 3.39. The highest BCUT2D eigenvalue weighted by molar-refractivity contribution is 7.17. The fraction of sp³-hybridized carbons (Fsp3) is 0.150. The van der Waals surface area contributed by atoms with E-state index in [1.165, 1.54) is 23.5 Å². The molecule has 3 aromatic rings. The molecule has 0 aliphatic heterocycles. The van der Waals surface area contributed by atoms with Crippen molar-refractivity contribution in [2.45, 2.75) is 6.54 Å². The Kier molecular flexibility index (Phi) is 5.53. The lowest BCUT2D eigenvalue weighted by atomic mass is 10.2. The number of carbonyl (C=O) groups excluding carboxylic acids is 1. The molecule has 1 aromatic heterocycles. The highest BCUT2D eigenvalue weighted by atomic mass is 32.1. The van der Waals surface area contributed by atoms with Gasteiger partial charge in [-0.2, -0.15) is 0 Å². The lowest BCUT2D eigenvalue weighted by Crippen LogP contribution is -2.21. The molecule has 2 aromatic carbocycles. The minimum absolute atomic E-state index is 0.162. The van der Waals surface area contributed by atoms with Gasteiger partial charge in [-0.25, -0.2) is 4.39 Å². The Morgan fingerprint density at radius 3 is 2.27 bits per heavy atom. The van der Waals surface area contributed by atoms with Crippen LogP contribution in [-0.4, -0.2) is 20.1 Å². The Morgan fingerprint density at radius 2 is 1.65 bits per heavy atom. The van der Waals surface area contributed by atoms with E-state index >= 15 is 0 Å². The van der Waals surface area contributed by atoms with Crippen LogP contribution in [0.4, 0.5) is 4.39 Å². The number of halogens is 1. The minimum atomic E-state index is -0.281. The largest absolute Gasteiger partial charge is 0.497 e. The molecular weight excluding hydrogens is 353 g/mol. The van der Waals surface area contributed by atoms with Gasteiger partial charge in [0.2, 0.25) is 0 Å². The van der Waals surface area contributed by atoms with E-state index in [-0.39, 0.29) is 11.7 Å². The van der Waals surface area contributed by atoms with E-state index in [2.05, 4.69) is 5.32 Å². The highest BCUT2D eigenvalue weighted by Gasteiger charge is 2.11. The van der Waals surface area contributed by atoms with E-state index in [1.807, 2.05) is 18.2 Å². The number of amides is 1. The van der Waals surface area contributed by atoms with Crippen LogP contribution in [0, 0.1) is 5.82 Å². The molecule has 0 aliphatic carbocycles. The lowest BCUT2D eigenvalue weighted by molar-refractivity contribution is 0.0955. The van der Waals surface area contributed by atoms with E-state index in [0.717, 1.165) is 16.0 Å². The maximum atomic E-state index is 13.0. The third-order valence-electron chi connectivity index (χ3n) is 3.82. The molecule has 0 saturated carbocycles. The molecular formula is C20H18FNO3S. The summed E-state index contributed by atoms with van der Waals surface area (Å²) in [6.07, 6.45) is 0. The van der Waals surface area contributed by atoms with Gasteiger partial charge >= 0.3 is 0 Å². The molecule has 0 aliphatic rings. The number of hydrogen-bond donors (Lipinski definition) is 1. The number of thiophene rings is 1. The number of carbonyl (C=O) groups is 1. The Balaban J connectivity index is 1.68. The topological polar surface area (TPSA) is 47.6 Å². The fourth-order valence-electron chi connectivity index (χ4n) is 2.47. The second-order valence-corrected chi connectivity index (χ2v) is 6.66. The Bertz CT molecular complexity index is 883. The Morgan fingerprint density at radius 1 is 1.00 bits per heavy atom. The normalized spacial score (nSPS) is 10.4. The molecule has 1 amide bonds. The summed E-state index contributed by atoms with van der Waals surface area (Å²) >= 11 is 1.37. The molecule has 1 heterocycles. The van der Waals surface area contributed by atoms with Crippen LogP contribution < -0.4 is 14.8 Å². The van der Waals surface area contributed by atoms with Crippen molar-refractivity contribution in [3.05, 3.63) is 70.9 Å². The van der Waals surface area contributed by atoms with Crippen LogP contribution in [-0.2, 0) is 6.54 Å². The highest BCUT2D eigenvalue weighted by Crippen LogP contribution is 2.28. The van der Waals surface area contributed by atoms with Gasteiger partial charge in [-0.05, 0) is 47.5 Å². The zero-order valence-electron chi connectivity index (χ0n) is 14.4. The van der Waals surface area contributed by atoms with Gasteiger partial charge in [-0.3, -0.25) is 4.79 Å². The zero-order valence-corrected chi connectivity index (χ0v) is 15.2. The van der Waals surface area contributed by atoms with Crippen molar-refractivity contribution < 1.29 is 18.7 Å². The number of benzene rings is 2. The van der Waals surface area contributed by atoms with Crippen LogP contribution in [0.1, 0.15) is 15.2 Å². The van der Waals surface area contributed by atoms with Gasteiger partial charge in [0.1, 0.15) is 17.3 Å². The predicted molar refractivity (Wildman–Crippen MR) is 100 cm³/mol. The molecule has 4 nitrogen and oxygen atoms in total. The summed E-state index contributed by atoms with van der Waals surface area (Å²) in [7, 11) is 3.17. The van der Waals surface area contributed by atoms with Crippen molar-refractivity contribution in [3.8, 4) is 21.9 Å². The average molecular weight is 371 g/mol. The summed E-state index contributed by atoms with van der Waals surface area (Å²) in [4.78, 5) is 13.9. The van der Waals surface area contributed by atoms with Gasteiger partial charge in [-0.15, -0.1) is 11.3 Å². The molecule has 6 heteroatoms. The summed E-state index contributed by atoms with van der Waals surface area (Å²) in [5.74, 6) is 0.897. The second-order valence-electron chi connectivity index (χ2n) is 5.57. The van der Waals surface area contributed by atoms with Crippen molar-refractivity contribution in [1.82, 2.24) is 5.32 Å². The Hall–Kier alpha value is -2.86. The van der Waals surface area contributed by atoms with Gasteiger partial charge in [0, 0.05) is 17.5 Å². The van der Waals surface area contributed by atoms with Gasteiger partial charge < -0.3 is 14.8 Å². The second kappa shape index (κ2) is 8.01. The summed E-state index contributed by atoms with van der Waals surface area (Å²) in [5, 5.41) is 2.89. The van der Waals surface area contributed by atoms with Crippen LogP contribution in [0.15, 0.2) is 54.6 Å². The van der Waals surface area contributed by atoms with Crippen molar-refractivity contribution in [1.29, 1.82) is 0 Å². The number of methoxy groups -OCH3 is 2. The summed E-state index contributed by atoms with van der Waals surface area (Å²) in [6.45, 7) is 0.357. The first-order valence-corrected chi connectivity index (χ1v) is 8.76. The molecule has 0 atom stereocenters. The zero-order chi connectivity index (χ0) is 18.5. The summed E-state index contributed by atoms with van der Waals surface area (Å²) in [6, 6.07) is 15.3. The Labute approximate surface area is 155 Å². The minimum Gasteiger partial charge on any atom is -0.497 e. The van der Waals surface area contributed by atoms with Crippen LogP contribution in [0.5, 0.6) is 11.5 Å². The first kappa shape index (κ1) is 17.9. The third-order valence-corrected chi connectivity index (χ3v) is 4.96. The summed E-state index contributed by atoms with van der Waals surface area (Å²) in [5.41, 5.74) is 1.76. The number of hydrogen-bond acceptors (Lipinski definition) is 4. The van der Waals surface area contributed by atoms with Crippen LogP contribution in [0.25, 0.3) is 10.4 Å². The maximum absolute atomic E-state index is 13.0. The average Bonchev–Trinajstić information content (AvgIpc) is 3.16.